The van der Waals surface area contributed by atoms with Crippen molar-refractivity contribution in [1.82, 2.24) is 4.90 Å². The molecule has 2 aliphatic heterocycles. The normalized spacial score (nSPS) is 34.3. The van der Waals surface area contributed by atoms with Crippen LogP contribution < -0.4 is 0 Å². The fourth-order valence-corrected chi connectivity index (χ4v) is 3.28. The fourth-order valence-electron chi connectivity index (χ4n) is 3.28. The van der Waals surface area contributed by atoms with Crippen molar-refractivity contribution in [3.63, 3.8) is 0 Å². The minimum Gasteiger partial charge on any atom is -0.370 e. The van der Waals surface area contributed by atoms with Crippen LogP contribution in [0.5, 0.6) is 0 Å². The highest BCUT2D eigenvalue weighted by Crippen LogP contribution is 2.34. The van der Waals surface area contributed by atoms with Crippen LogP contribution in [0.25, 0.3) is 0 Å². The van der Waals surface area contributed by atoms with Crippen LogP contribution in [0, 0.1) is 0 Å². The van der Waals surface area contributed by atoms with Crippen molar-refractivity contribution in [1.29, 1.82) is 0 Å². The van der Waals surface area contributed by atoms with Crippen LogP contribution in [-0.2, 0) is 4.74 Å². The zero-order valence-electron chi connectivity index (χ0n) is 10.5. The second-order valence-corrected chi connectivity index (χ2v) is 5.29. The summed E-state index contributed by atoms with van der Waals surface area (Å²) < 4.78 is 6.10. The van der Waals surface area contributed by atoms with Gasteiger partial charge in [0.25, 0.3) is 0 Å². The number of benzene rings is 1. The molecule has 0 spiro atoms. The predicted octanol–water partition coefficient (Wildman–Crippen LogP) is 3.00. The predicted molar refractivity (Wildman–Crippen MR) is 68.9 cm³/mol. The first-order valence-corrected chi connectivity index (χ1v) is 6.78. The summed E-state index contributed by atoms with van der Waals surface area (Å²) >= 11 is 0. The lowest BCUT2D eigenvalue weighted by molar-refractivity contribution is -0.111. The lowest BCUT2D eigenvalue weighted by Crippen LogP contribution is -2.54. The molecule has 17 heavy (non-hydrogen) atoms. The quantitative estimate of drug-likeness (QED) is 0.736. The highest BCUT2D eigenvalue weighted by Gasteiger charge is 2.36. The average Bonchev–Trinajstić information content (AvgIpc) is 2.40. The zero-order valence-corrected chi connectivity index (χ0v) is 10.5. The molecular formula is C15H21NO. The van der Waals surface area contributed by atoms with Crippen molar-refractivity contribution in [3.05, 3.63) is 35.9 Å². The summed E-state index contributed by atoms with van der Waals surface area (Å²) in [4.78, 5) is 2.66. The molecule has 2 saturated heterocycles. The van der Waals surface area contributed by atoms with Gasteiger partial charge in [-0.15, -0.1) is 0 Å². The summed E-state index contributed by atoms with van der Waals surface area (Å²) in [5.74, 6) is 0. The van der Waals surface area contributed by atoms with Crippen molar-refractivity contribution in [2.75, 3.05) is 13.2 Å². The van der Waals surface area contributed by atoms with E-state index in [1.54, 1.807) is 0 Å². The molecule has 1 aromatic carbocycles. The van der Waals surface area contributed by atoms with Crippen molar-refractivity contribution in [2.24, 2.45) is 0 Å². The molecule has 0 saturated carbocycles. The second kappa shape index (κ2) is 4.79. The Balaban J connectivity index is 1.79. The van der Waals surface area contributed by atoms with E-state index < -0.39 is 0 Å². The van der Waals surface area contributed by atoms with Crippen molar-refractivity contribution in [2.45, 2.75) is 44.4 Å². The Kier molecular flexibility index (Phi) is 3.17. The first-order valence-electron chi connectivity index (χ1n) is 6.78. The number of rotatable bonds is 1. The highest BCUT2D eigenvalue weighted by molar-refractivity contribution is 5.19. The van der Waals surface area contributed by atoms with Crippen molar-refractivity contribution in [3.8, 4) is 0 Å². The molecule has 0 unspecified atom stereocenters. The SMILES string of the molecule is C[C@@H]1[C@@H](c2ccccc2)OC[C@@H]2CCCCN21. The van der Waals surface area contributed by atoms with Crippen LogP contribution >= 0.6 is 0 Å². The van der Waals surface area contributed by atoms with Gasteiger partial charge in [-0.3, -0.25) is 4.90 Å². The van der Waals surface area contributed by atoms with Gasteiger partial charge in [0.1, 0.15) is 0 Å². The summed E-state index contributed by atoms with van der Waals surface area (Å²) in [6.45, 7) is 4.47. The number of ether oxygens (including phenoxy) is 1. The smallest absolute Gasteiger partial charge is 0.0978 e. The molecule has 3 rings (SSSR count). The number of fused-ring (bicyclic) bond motifs is 1. The van der Waals surface area contributed by atoms with Crippen LogP contribution in [0.4, 0.5) is 0 Å². The van der Waals surface area contributed by atoms with E-state index in [9.17, 15) is 0 Å². The molecule has 2 heterocycles. The molecule has 1 aromatic rings. The van der Waals surface area contributed by atoms with Gasteiger partial charge in [-0.05, 0) is 31.9 Å². The molecule has 0 N–H and O–H groups in total. The van der Waals surface area contributed by atoms with E-state index in [4.69, 9.17) is 4.74 Å². The Bertz CT molecular complexity index is 364. The molecule has 0 amide bonds. The molecule has 0 radical (unpaired) electrons. The minimum atomic E-state index is 0.255. The monoisotopic (exact) mass is 231 g/mol. The van der Waals surface area contributed by atoms with Crippen LogP contribution in [-0.4, -0.2) is 30.1 Å². The molecule has 2 nitrogen and oxygen atoms in total. The molecule has 2 heteroatoms. The standard InChI is InChI=1S/C15H21NO/c1-12-15(13-7-3-2-4-8-13)17-11-14-9-5-6-10-16(12)14/h2-4,7-8,12,14-15H,5-6,9-11H2,1H3/t12-,14+,15+/m1/s1. The molecule has 2 aliphatic rings. The minimum absolute atomic E-state index is 0.255. The summed E-state index contributed by atoms with van der Waals surface area (Å²) in [6, 6.07) is 11.8. The van der Waals surface area contributed by atoms with Gasteiger partial charge in [-0.1, -0.05) is 36.8 Å². The molecule has 0 aliphatic carbocycles. The lowest BCUT2D eigenvalue weighted by Gasteiger charge is -2.47. The number of piperidine rings is 1. The third-order valence-corrected chi connectivity index (χ3v) is 4.23. The van der Waals surface area contributed by atoms with Gasteiger partial charge in [0.2, 0.25) is 0 Å². The zero-order chi connectivity index (χ0) is 11.7. The van der Waals surface area contributed by atoms with Gasteiger partial charge in [0, 0.05) is 12.1 Å². The van der Waals surface area contributed by atoms with E-state index in [1.807, 2.05) is 0 Å². The number of hydrogen-bond donors (Lipinski definition) is 0. The van der Waals surface area contributed by atoms with Crippen LogP contribution in [0.3, 0.4) is 0 Å². The number of nitrogens with zero attached hydrogens (tertiary/aromatic N) is 1. The van der Waals surface area contributed by atoms with E-state index >= 15 is 0 Å². The Hall–Kier alpha value is -0.860. The maximum atomic E-state index is 6.10. The molecule has 2 fully saturated rings. The van der Waals surface area contributed by atoms with E-state index in [-0.39, 0.29) is 6.10 Å². The molecular weight excluding hydrogens is 210 g/mol. The summed E-state index contributed by atoms with van der Waals surface area (Å²) in [7, 11) is 0. The molecule has 3 atom stereocenters. The van der Waals surface area contributed by atoms with Crippen LogP contribution in [0.15, 0.2) is 30.3 Å². The van der Waals surface area contributed by atoms with Crippen molar-refractivity contribution >= 4 is 0 Å². The molecule has 92 valence electrons. The Labute approximate surface area is 104 Å². The topological polar surface area (TPSA) is 12.5 Å². The van der Waals surface area contributed by atoms with Crippen molar-refractivity contribution < 1.29 is 4.74 Å². The Morgan fingerprint density at radius 2 is 2.00 bits per heavy atom. The summed E-state index contributed by atoms with van der Waals surface area (Å²) in [6.07, 6.45) is 4.28. The maximum Gasteiger partial charge on any atom is 0.0978 e. The first-order chi connectivity index (χ1) is 8.36. The maximum absolute atomic E-state index is 6.10. The van der Waals surface area contributed by atoms with Gasteiger partial charge in [-0.2, -0.15) is 0 Å². The highest BCUT2D eigenvalue weighted by atomic mass is 16.5. The van der Waals surface area contributed by atoms with E-state index in [0.29, 0.717) is 12.1 Å². The molecule has 0 aromatic heterocycles. The second-order valence-electron chi connectivity index (χ2n) is 5.29. The summed E-state index contributed by atoms with van der Waals surface area (Å²) in [5, 5.41) is 0. The van der Waals surface area contributed by atoms with Gasteiger partial charge in [0.05, 0.1) is 12.7 Å². The Morgan fingerprint density at radius 1 is 1.18 bits per heavy atom. The largest absolute Gasteiger partial charge is 0.370 e. The van der Waals surface area contributed by atoms with Gasteiger partial charge in [0.15, 0.2) is 0 Å². The van der Waals surface area contributed by atoms with Gasteiger partial charge in [-0.25, -0.2) is 0 Å². The third kappa shape index (κ3) is 2.12. The van der Waals surface area contributed by atoms with E-state index in [1.165, 1.54) is 31.4 Å². The van der Waals surface area contributed by atoms with Gasteiger partial charge >= 0.3 is 0 Å². The van der Waals surface area contributed by atoms with E-state index in [2.05, 4.69) is 42.2 Å². The lowest BCUT2D eigenvalue weighted by atomic mass is 9.93. The fraction of sp³-hybridized carbons (Fsp3) is 0.600. The van der Waals surface area contributed by atoms with Crippen LogP contribution in [0.2, 0.25) is 0 Å². The van der Waals surface area contributed by atoms with Gasteiger partial charge < -0.3 is 4.74 Å². The summed E-state index contributed by atoms with van der Waals surface area (Å²) in [5.41, 5.74) is 1.32. The first kappa shape index (κ1) is 11.2. The average molecular weight is 231 g/mol. The van der Waals surface area contributed by atoms with Crippen LogP contribution in [0.1, 0.15) is 37.9 Å². The van der Waals surface area contributed by atoms with E-state index in [0.717, 1.165) is 6.61 Å². The number of morpholine rings is 1. The number of hydrogen-bond acceptors (Lipinski definition) is 2. The molecule has 0 bridgehead atoms. The third-order valence-electron chi connectivity index (χ3n) is 4.23. The Morgan fingerprint density at radius 3 is 2.82 bits per heavy atom.